The second-order valence-corrected chi connectivity index (χ2v) is 7.89. The van der Waals surface area contributed by atoms with Crippen LogP contribution >= 0.6 is 0 Å². The molecular weight excluding hydrogens is 354 g/mol. The van der Waals surface area contributed by atoms with Crippen molar-refractivity contribution in [3.8, 4) is 5.75 Å². The molecule has 1 unspecified atom stereocenters. The summed E-state index contributed by atoms with van der Waals surface area (Å²) in [5, 5.41) is 3.04. The van der Waals surface area contributed by atoms with Crippen molar-refractivity contribution >= 4 is 11.8 Å². The van der Waals surface area contributed by atoms with Crippen LogP contribution in [0, 0.1) is 0 Å². The van der Waals surface area contributed by atoms with Gasteiger partial charge in [-0.1, -0.05) is 31.5 Å². The third-order valence-corrected chi connectivity index (χ3v) is 5.69. The van der Waals surface area contributed by atoms with Gasteiger partial charge >= 0.3 is 0 Å². The van der Waals surface area contributed by atoms with E-state index in [1.165, 1.54) is 12.5 Å². The van der Waals surface area contributed by atoms with E-state index in [1.807, 2.05) is 12.1 Å². The molecule has 1 aromatic rings. The van der Waals surface area contributed by atoms with Gasteiger partial charge in [-0.15, -0.1) is 0 Å². The highest BCUT2D eigenvalue weighted by molar-refractivity contribution is 5.87. The van der Waals surface area contributed by atoms with Gasteiger partial charge in [-0.25, -0.2) is 0 Å². The molecule has 28 heavy (non-hydrogen) atoms. The fourth-order valence-electron chi connectivity index (χ4n) is 4.18. The number of carbonyl (C=O) groups excluding carboxylic acids is 2. The van der Waals surface area contributed by atoms with Gasteiger partial charge in [0.05, 0.1) is 0 Å². The topological polar surface area (TPSA) is 61.9 Å². The van der Waals surface area contributed by atoms with E-state index in [2.05, 4.69) is 29.3 Å². The molecule has 1 fully saturated rings. The summed E-state index contributed by atoms with van der Waals surface area (Å²) in [5.74, 6) is 0.942. The second-order valence-electron chi connectivity index (χ2n) is 7.89. The Kier molecular flexibility index (Phi) is 7.31. The van der Waals surface area contributed by atoms with Crippen molar-refractivity contribution in [1.29, 1.82) is 0 Å². The smallest absolute Gasteiger partial charge is 0.242 e. The summed E-state index contributed by atoms with van der Waals surface area (Å²) >= 11 is 0. The Labute approximate surface area is 168 Å². The monoisotopic (exact) mass is 387 g/mol. The van der Waals surface area contributed by atoms with E-state index < -0.39 is 0 Å². The summed E-state index contributed by atoms with van der Waals surface area (Å²) in [5.41, 5.74) is 1.20. The lowest BCUT2D eigenvalue weighted by Gasteiger charge is -2.25. The molecule has 0 spiro atoms. The van der Waals surface area contributed by atoms with Crippen molar-refractivity contribution in [2.24, 2.45) is 0 Å². The number of likely N-dealkylation sites (tertiary alicyclic amines) is 1. The second kappa shape index (κ2) is 9.92. The van der Waals surface area contributed by atoms with Gasteiger partial charge in [0, 0.05) is 45.2 Å². The maximum absolute atomic E-state index is 12.5. The van der Waals surface area contributed by atoms with Crippen LogP contribution in [0.4, 0.5) is 0 Å². The molecule has 1 saturated heterocycles. The van der Waals surface area contributed by atoms with Crippen LogP contribution in [0.25, 0.3) is 0 Å². The molecule has 0 aliphatic carbocycles. The number of para-hydroxylation sites is 1. The number of hydrogen-bond donors (Lipinski definition) is 1. The number of unbranched alkanes of at least 4 members (excludes halogenated alkanes) is 1. The molecule has 2 aliphatic rings. The number of hydrogen-bond acceptors (Lipinski definition) is 4. The van der Waals surface area contributed by atoms with E-state index >= 15 is 0 Å². The molecule has 154 valence electrons. The van der Waals surface area contributed by atoms with Crippen LogP contribution in [0.15, 0.2) is 24.3 Å². The van der Waals surface area contributed by atoms with Gasteiger partial charge in [-0.3, -0.25) is 14.5 Å². The molecule has 0 aromatic heterocycles. The van der Waals surface area contributed by atoms with E-state index in [1.54, 1.807) is 4.90 Å². The van der Waals surface area contributed by atoms with Crippen molar-refractivity contribution < 1.29 is 14.3 Å². The minimum absolute atomic E-state index is 0.0160. The largest absolute Gasteiger partial charge is 0.489 e. The van der Waals surface area contributed by atoms with Crippen LogP contribution in [-0.4, -0.2) is 59.9 Å². The number of rotatable bonds is 7. The summed E-state index contributed by atoms with van der Waals surface area (Å²) < 4.78 is 6.27. The van der Waals surface area contributed by atoms with E-state index in [-0.39, 0.29) is 24.0 Å². The molecule has 1 aromatic carbocycles. The van der Waals surface area contributed by atoms with Gasteiger partial charge in [0.25, 0.3) is 0 Å². The normalized spacial score (nSPS) is 22.3. The molecule has 0 saturated carbocycles. The predicted molar refractivity (Wildman–Crippen MR) is 109 cm³/mol. The lowest BCUT2D eigenvalue weighted by molar-refractivity contribution is -0.136. The summed E-state index contributed by atoms with van der Waals surface area (Å²) in [7, 11) is 0. The predicted octanol–water partition coefficient (Wildman–Crippen LogP) is 2.57. The third kappa shape index (κ3) is 5.25. The first-order valence-corrected chi connectivity index (χ1v) is 10.6. The fourth-order valence-corrected chi connectivity index (χ4v) is 4.18. The average Bonchev–Trinajstić information content (AvgIpc) is 3.10. The maximum atomic E-state index is 12.5. The van der Waals surface area contributed by atoms with Gasteiger partial charge in [-0.2, -0.15) is 0 Å². The van der Waals surface area contributed by atoms with Gasteiger partial charge < -0.3 is 15.0 Å². The quantitative estimate of drug-likeness (QED) is 0.781. The Hall–Kier alpha value is -2.08. The van der Waals surface area contributed by atoms with Crippen LogP contribution in [0.1, 0.15) is 51.5 Å². The van der Waals surface area contributed by atoms with Gasteiger partial charge in [0.1, 0.15) is 17.9 Å². The lowest BCUT2D eigenvalue weighted by atomic mass is 10.1. The van der Waals surface area contributed by atoms with Crippen molar-refractivity contribution in [2.45, 2.75) is 64.6 Å². The number of benzene rings is 1. The van der Waals surface area contributed by atoms with Crippen LogP contribution in [0.2, 0.25) is 0 Å². The first kappa shape index (κ1) is 20.6. The first-order valence-electron chi connectivity index (χ1n) is 10.6. The van der Waals surface area contributed by atoms with E-state index in [9.17, 15) is 9.59 Å². The first-order chi connectivity index (χ1) is 13.6. The van der Waals surface area contributed by atoms with Gasteiger partial charge in [0.2, 0.25) is 11.8 Å². The van der Waals surface area contributed by atoms with E-state index in [4.69, 9.17) is 4.74 Å². The minimum atomic E-state index is -0.303. The van der Waals surface area contributed by atoms with Crippen molar-refractivity contribution in [3.05, 3.63) is 29.8 Å². The number of fused-ring (bicyclic) bond motifs is 1. The molecule has 6 nitrogen and oxygen atoms in total. The maximum Gasteiger partial charge on any atom is 0.242 e. The highest BCUT2D eigenvalue weighted by Gasteiger charge is 2.32. The molecule has 2 aliphatic heterocycles. The number of nitrogens with zero attached hydrogens (tertiary/aromatic N) is 2. The van der Waals surface area contributed by atoms with E-state index in [0.717, 1.165) is 57.5 Å². The van der Waals surface area contributed by atoms with Gasteiger partial charge in [-0.05, 0) is 31.7 Å². The Bertz CT molecular complexity index is 679. The molecule has 0 bridgehead atoms. The molecule has 2 heterocycles. The zero-order valence-corrected chi connectivity index (χ0v) is 17.2. The van der Waals surface area contributed by atoms with Crippen LogP contribution in [0.3, 0.4) is 0 Å². The Balaban J connectivity index is 1.55. The summed E-state index contributed by atoms with van der Waals surface area (Å²) in [6.07, 6.45) is 5.20. The van der Waals surface area contributed by atoms with Crippen LogP contribution < -0.4 is 10.1 Å². The molecule has 0 radical (unpaired) electrons. The fraction of sp³-hybridized carbons (Fsp3) is 0.636. The van der Waals surface area contributed by atoms with Crippen molar-refractivity contribution in [3.63, 3.8) is 0 Å². The summed E-state index contributed by atoms with van der Waals surface area (Å²) in [6, 6.07) is 7.93. The van der Waals surface area contributed by atoms with Crippen molar-refractivity contribution in [1.82, 2.24) is 15.1 Å². The number of nitrogens with one attached hydrogen (secondary N) is 1. The minimum Gasteiger partial charge on any atom is -0.489 e. The Morgan fingerprint density at radius 3 is 2.89 bits per heavy atom. The average molecular weight is 388 g/mol. The molecule has 3 rings (SSSR count). The summed E-state index contributed by atoms with van der Waals surface area (Å²) in [4.78, 5) is 28.3. The van der Waals surface area contributed by atoms with E-state index in [0.29, 0.717) is 13.1 Å². The van der Waals surface area contributed by atoms with Gasteiger partial charge in [0.15, 0.2) is 0 Å². The van der Waals surface area contributed by atoms with Crippen LogP contribution in [0.5, 0.6) is 5.75 Å². The van der Waals surface area contributed by atoms with Crippen LogP contribution in [-0.2, 0) is 16.1 Å². The number of carbonyl (C=O) groups is 2. The Morgan fingerprint density at radius 2 is 2.11 bits per heavy atom. The molecule has 6 heteroatoms. The number of ether oxygens (including phenoxy) is 1. The SMILES string of the molecule is CCCCC1CN(CCNC(=O)[C@@H]2CCCN2C(C)=O)Cc2ccccc2O1. The lowest BCUT2D eigenvalue weighted by Crippen LogP contribution is -2.47. The molecular formula is C22H33N3O3. The molecule has 2 amide bonds. The molecule has 1 N–H and O–H groups in total. The Morgan fingerprint density at radius 1 is 1.29 bits per heavy atom. The zero-order chi connectivity index (χ0) is 19.9. The standard InChI is InChI=1S/C22H33N3O3/c1-3-4-9-19-16-24(15-18-8-5-6-11-21(18)28-19)14-12-23-22(27)20-10-7-13-25(20)17(2)26/h5-6,8,11,19-20H,3-4,7,9-10,12-16H2,1-2H3,(H,23,27)/t19?,20-/m0/s1. The zero-order valence-electron chi connectivity index (χ0n) is 17.2. The van der Waals surface area contributed by atoms with Crippen molar-refractivity contribution in [2.75, 3.05) is 26.2 Å². The molecule has 2 atom stereocenters. The summed E-state index contributed by atoms with van der Waals surface area (Å²) in [6.45, 7) is 7.49. The number of amides is 2. The highest BCUT2D eigenvalue weighted by Crippen LogP contribution is 2.26. The third-order valence-electron chi connectivity index (χ3n) is 5.69. The highest BCUT2D eigenvalue weighted by atomic mass is 16.5.